The van der Waals surface area contributed by atoms with E-state index in [0.29, 0.717) is 19.4 Å². The van der Waals surface area contributed by atoms with Gasteiger partial charge in [0.05, 0.1) is 24.2 Å². The van der Waals surface area contributed by atoms with Crippen LogP contribution in [0.3, 0.4) is 0 Å². The third-order valence-electron chi connectivity index (χ3n) is 5.36. The number of nitrogens with one attached hydrogen (secondary N) is 1. The molecule has 0 aliphatic carbocycles. The molecule has 0 atom stereocenters. The zero-order chi connectivity index (χ0) is 22.3. The lowest BCUT2D eigenvalue weighted by atomic mass is 10.1. The van der Waals surface area contributed by atoms with Crippen LogP contribution in [-0.4, -0.2) is 22.8 Å². The van der Waals surface area contributed by atoms with Crippen molar-refractivity contribution < 1.29 is 9.53 Å². The van der Waals surface area contributed by atoms with Crippen molar-refractivity contribution in [1.29, 1.82) is 0 Å². The lowest BCUT2D eigenvalue weighted by Gasteiger charge is -2.09. The molecule has 0 unspecified atom stereocenters. The molecule has 0 radical (unpaired) electrons. The molecule has 4 aromatic rings. The molecule has 0 saturated carbocycles. The summed E-state index contributed by atoms with van der Waals surface area (Å²) < 4.78 is 7.22. The lowest BCUT2D eigenvalue weighted by Crippen LogP contribution is -2.23. The van der Waals surface area contributed by atoms with Gasteiger partial charge in [0.15, 0.2) is 0 Å². The number of carbonyl (C=O) groups is 1. The van der Waals surface area contributed by atoms with Gasteiger partial charge in [0.25, 0.3) is 0 Å². The Balaban J connectivity index is 1.52. The molecule has 1 aromatic heterocycles. The first kappa shape index (κ1) is 21.4. The summed E-state index contributed by atoms with van der Waals surface area (Å²) in [6.45, 7) is 2.61. The topological polar surface area (TPSA) is 56.2 Å². The number of hydrogen-bond acceptors (Lipinski definition) is 3. The van der Waals surface area contributed by atoms with Gasteiger partial charge in [-0.2, -0.15) is 5.10 Å². The molecule has 0 fully saturated rings. The normalized spacial score (nSPS) is 10.7. The Kier molecular flexibility index (Phi) is 6.66. The zero-order valence-corrected chi connectivity index (χ0v) is 18.4. The van der Waals surface area contributed by atoms with E-state index in [1.807, 2.05) is 59.3 Å². The fraction of sp³-hybridized carbons (Fsp3) is 0.185. The second-order valence-corrected chi connectivity index (χ2v) is 7.76. The maximum absolute atomic E-state index is 12.4. The van der Waals surface area contributed by atoms with Crippen LogP contribution in [0, 0.1) is 6.92 Å². The van der Waals surface area contributed by atoms with Crippen molar-refractivity contribution in [1.82, 2.24) is 15.1 Å². The highest BCUT2D eigenvalue weighted by molar-refractivity contribution is 5.76. The molecule has 1 amide bonds. The molecule has 3 aromatic carbocycles. The van der Waals surface area contributed by atoms with Crippen molar-refractivity contribution >= 4 is 5.91 Å². The first-order chi connectivity index (χ1) is 15.6. The van der Waals surface area contributed by atoms with Crippen molar-refractivity contribution in [2.75, 3.05) is 7.11 Å². The number of hydrogen-bond donors (Lipinski definition) is 1. The number of amides is 1. The molecule has 0 bridgehead atoms. The van der Waals surface area contributed by atoms with Crippen LogP contribution in [-0.2, 0) is 17.8 Å². The minimum Gasteiger partial charge on any atom is -0.497 e. The van der Waals surface area contributed by atoms with Gasteiger partial charge >= 0.3 is 0 Å². The smallest absolute Gasteiger partial charge is 0.220 e. The predicted molar refractivity (Wildman–Crippen MR) is 127 cm³/mol. The maximum atomic E-state index is 12.4. The molecule has 4 rings (SSSR count). The summed E-state index contributed by atoms with van der Waals surface area (Å²) >= 11 is 0. The Bertz CT molecular complexity index is 1160. The van der Waals surface area contributed by atoms with E-state index in [1.54, 1.807) is 7.11 Å². The molecule has 32 heavy (non-hydrogen) atoms. The van der Waals surface area contributed by atoms with Crippen LogP contribution in [0.15, 0.2) is 84.9 Å². The van der Waals surface area contributed by atoms with E-state index < -0.39 is 0 Å². The Hall–Kier alpha value is -3.86. The van der Waals surface area contributed by atoms with E-state index in [9.17, 15) is 4.79 Å². The lowest BCUT2D eigenvalue weighted by molar-refractivity contribution is -0.121. The minimum atomic E-state index is 0.0183. The zero-order valence-electron chi connectivity index (χ0n) is 18.4. The van der Waals surface area contributed by atoms with E-state index in [1.165, 1.54) is 5.56 Å². The maximum Gasteiger partial charge on any atom is 0.220 e. The highest BCUT2D eigenvalue weighted by atomic mass is 16.5. The number of aromatic nitrogens is 2. The number of aryl methyl sites for hydroxylation is 2. The fourth-order valence-electron chi connectivity index (χ4n) is 3.53. The number of carbonyl (C=O) groups excluding carboxylic acids is 1. The highest BCUT2D eigenvalue weighted by Crippen LogP contribution is 2.26. The predicted octanol–water partition coefficient (Wildman–Crippen LogP) is 5.11. The number of ether oxygens (including phenoxy) is 1. The fourth-order valence-corrected chi connectivity index (χ4v) is 3.53. The number of benzene rings is 3. The molecular weight excluding hydrogens is 398 g/mol. The van der Waals surface area contributed by atoms with E-state index in [0.717, 1.165) is 34.0 Å². The third-order valence-corrected chi connectivity index (χ3v) is 5.36. The third kappa shape index (κ3) is 5.24. The van der Waals surface area contributed by atoms with Crippen LogP contribution in [0.1, 0.15) is 23.2 Å². The van der Waals surface area contributed by atoms with E-state index in [4.69, 9.17) is 9.84 Å². The van der Waals surface area contributed by atoms with Gasteiger partial charge in [-0.15, -0.1) is 0 Å². The van der Waals surface area contributed by atoms with Crippen LogP contribution < -0.4 is 10.1 Å². The monoisotopic (exact) mass is 425 g/mol. The molecule has 0 spiro atoms. The van der Waals surface area contributed by atoms with E-state index in [2.05, 4.69) is 42.6 Å². The molecule has 0 saturated heterocycles. The van der Waals surface area contributed by atoms with Crippen molar-refractivity contribution in [3.05, 3.63) is 102 Å². The van der Waals surface area contributed by atoms with Gasteiger partial charge in [0, 0.05) is 24.9 Å². The highest BCUT2D eigenvalue weighted by Gasteiger charge is 2.13. The van der Waals surface area contributed by atoms with Gasteiger partial charge in [-0.25, -0.2) is 4.68 Å². The van der Waals surface area contributed by atoms with Gasteiger partial charge in [-0.3, -0.25) is 4.79 Å². The molecule has 1 heterocycles. The Morgan fingerprint density at radius 3 is 2.38 bits per heavy atom. The molecule has 0 aliphatic rings. The van der Waals surface area contributed by atoms with Crippen LogP contribution in [0.5, 0.6) is 5.75 Å². The van der Waals surface area contributed by atoms with Crippen LogP contribution in [0.4, 0.5) is 0 Å². The van der Waals surface area contributed by atoms with Crippen molar-refractivity contribution in [3.63, 3.8) is 0 Å². The van der Waals surface area contributed by atoms with Crippen LogP contribution in [0.2, 0.25) is 0 Å². The second-order valence-electron chi connectivity index (χ2n) is 7.76. The van der Waals surface area contributed by atoms with Crippen LogP contribution >= 0.6 is 0 Å². The average Bonchev–Trinajstić information content (AvgIpc) is 3.27. The summed E-state index contributed by atoms with van der Waals surface area (Å²) in [6.07, 6.45) is 0.961. The average molecular weight is 426 g/mol. The summed E-state index contributed by atoms with van der Waals surface area (Å²) in [7, 11) is 1.65. The SMILES string of the molecule is COc1ccc(-n2nc(CCC(=O)NCc3ccccc3)cc2-c2ccc(C)cc2)cc1. The number of methoxy groups -OCH3 is 1. The first-order valence-electron chi connectivity index (χ1n) is 10.7. The van der Waals surface area contributed by atoms with Crippen molar-refractivity contribution in [2.24, 2.45) is 0 Å². The summed E-state index contributed by atoms with van der Waals surface area (Å²) in [5.41, 5.74) is 6.20. The molecule has 0 aliphatic heterocycles. The van der Waals surface area contributed by atoms with Gasteiger partial charge < -0.3 is 10.1 Å². The van der Waals surface area contributed by atoms with Crippen molar-refractivity contribution in [3.8, 4) is 22.7 Å². The van der Waals surface area contributed by atoms with Gasteiger partial charge in [-0.1, -0.05) is 60.2 Å². The van der Waals surface area contributed by atoms with Gasteiger partial charge in [0.2, 0.25) is 5.91 Å². The molecule has 5 nitrogen and oxygen atoms in total. The molecule has 5 heteroatoms. The molecule has 1 N–H and O–H groups in total. The minimum absolute atomic E-state index is 0.0183. The van der Waals surface area contributed by atoms with Crippen LogP contribution in [0.25, 0.3) is 16.9 Å². The largest absolute Gasteiger partial charge is 0.497 e. The summed E-state index contributed by atoms with van der Waals surface area (Å²) in [4.78, 5) is 12.4. The van der Waals surface area contributed by atoms with E-state index >= 15 is 0 Å². The van der Waals surface area contributed by atoms with Gasteiger partial charge in [0.1, 0.15) is 5.75 Å². The summed E-state index contributed by atoms with van der Waals surface area (Å²) in [6, 6.07) is 28.2. The Morgan fingerprint density at radius 1 is 0.969 bits per heavy atom. The summed E-state index contributed by atoms with van der Waals surface area (Å²) in [5, 5.41) is 7.81. The molecule has 162 valence electrons. The Labute approximate surface area is 188 Å². The summed E-state index contributed by atoms with van der Waals surface area (Å²) in [5.74, 6) is 0.817. The van der Waals surface area contributed by atoms with Crippen molar-refractivity contribution in [2.45, 2.75) is 26.3 Å². The number of rotatable bonds is 8. The standard InChI is InChI=1S/C27H27N3O2/c1-20-8-10-22(11-9-20)26-18-23(29-30(26)24-13-15-25(32-2)16-14-24)12-17-27(31)28-19-21-6-4-3-5-7-21/h3-11,13-16,18H,12,17,19H2,1-2H3,(H,28,31). The molecular formula is C27H27N3O2. The second kappa shape index (κ2) is 9.96. The Morgan fingerprint density at radius 2 is 1.69 bits per heavy atom. The van der Waals surface area contributed by atoms with Gasteiger partial charge in [-0.05, 0) is 42.8 Å². The quantitative estimate of drug-likeness (QED) is 0.427. The first-order valence-corrected chi connectivity index (χ1v) is 10.7. The number of nitrogens with zero attached hydrogens (tertiary/aromatic N) is 2. The van der Waals surface area contributed by atoms with E-state index in [-0.39, 0.29) is 5.91 Å².